The highest BCUT2D eigenvalue weighted by Gasteiger charge is 2.23. The summed E-state index contributed by atoms with van der Waals surface area (Å²) in [6.45, 7) is 3.54. The average molecular weight is 276 g/mol. The van der Waals surface area contributed by atoms with Gasteiger partial charge in [-0.05, 0) is 37.8 Å². The Bertz CT molecular complexity index is 442. The molecule has 1 aromatic rings. The Hall–Kier alpha value is -1.55. The fourth-order valence-corrected chi connectivity index (χ4v) is 2.61. The molecule has 20 heavy (non-hydrogen) atoms. The van der Waals surface area contributed by atoms with Gasteiger partial charge in [0.25, 0.3) is 0 Å². The summed E-state index contributed by atoms with van der Waals surface area (Å²) in [6.07, 6.45) is 4.67. The van der Waals surface area contributed by atoms with Gasteiger partial charge in [0, 0.05) is 13.2 Å². The molecular formula is C16H24N2O2. The minimum absolute atomic E-state index is 0.0699. The van der Waals surface area contributed by atoms with Crippen molar-refractivity contribution in [1.82, 2.24) is 0 Å². The third-order valence-corrected chi connectivity index (χ3v) is 3.65. The number of rotatable bonds is 5. The van der Waals surface area contributed by atoms with E-state index in [0.29, 0.717) is 18.7 Å². The van der Waals surface area contributed by atoms with Crippen molar-refractivity contribution in [3.05, 3.63) is 24.3 Å². The molecule has 0 bridgehead atoms. The summed E-state index contributed by atoms with van der Waals surface area (Å²) >= 11 is 0. The Balaban J connectivity index is 2.07. The smallest absolute Gasteiger partial charge is 0.229 e. The molecule has 1 saturated heterocycles. The van der Waals surface area contributed by atoms with Gasteiger partial charge in [-0.15, -0.1) is 0 Å². The van der Waals surface area contributed by atoms with Crippen molar-refractivity contribution in [3.63, 3.8) is 0 Å². The molecule has 4 nitrogen and oxygen atoms in total. The molecule has 2 N–H and O–H groups in total. The van der Waals surface area contributed by atoms with E-state index < -0.39 is 0 Å². The van der Waals surface area contributed by atoms with Crippen LogP contribution in [-0.2, 0) is 9.53 Å². The molecule has 1 aromatic carbocycles. The zero-order valence-electron chi connectivity index (χ0n) is 12.2. The number of hydrogen-bond donors (Lipinski definition) is 1. The Labute approximate surface area is 120 Å². The minimum atomic E-state index is 0.0699. The maximum absolute atomic E-state index is 12.5. The van der Waals surface area contributed by atoms with Gasteiger partial charge < -0.3 is 15.4 Å². The molecule has 1 aliphatic rings. The summed E-state index contributed by atoms with van der Waals surface area (Å²) in [4.78, 5) is 14.3. The second-order valence-corrected chi connectivity index (χ2v) is 5.30. The van der Waals surface area contributed by atoms with Crippen LogP contribution in [0.5, 0.6) is 0 Å². The van der Waals surface area contributed by atoms with E-state index in [9.17, 15) is 4.79 Å². The van der Waals surface area contributed by atoms with Crippen LogP contribution in [0.3, 0.4) is 0 Å². The van der Waals surface area contributed by atoms with Crippen molar-refractivity contribution in [3.8, 4) is 0 Å². The molecule has 2 rings (SSSR count). The van der Waals surface area contributed by atoms with E-state index in [1.165, 1.54) is 0 Å². The predicted molar refractivity (Wildman–Crippen MR) is 81.7 cm³/mol. The Morgan fingerprint density at radius 1 is 1.40 bits per heavy atom. The highest BCUT2D eigenvalue weighted by molar-refractivity contribution is 5.96. The van der Waals surface area contributed by atoms with Crippen molar-refractivity contribution in [1.29, 1.82) is 0 Å². The molecule has 0 aromatic heterocycles. The Morgan fingerprint density at radius 2 is 2.20 bits per heavy atom. The van der Waals surface area contributed by atoms with Gasteiger partial charge >= 0.3 is 0 Å². The number of carbonyl (C=O) groups excluding carboxylic acids is 1. The van der Waals surface area contributed by atoms with Crippen molar-refractivity contribution < 1.29 is 9.53 Å². The van der Waals surface area contributed by atoms with E-state index in [-0.39, 0.29) is 12.0 Å². The van der Waals surface area contributed by atoms with Crippen molar-refractivity contribution in [2.24, 2.45) is 0 Å². The number of benzene rings is 1. The maximum Gasteiger partial charge on any atom is 0.229 e. The van der Waals surface area contributed by atoms with Crippen LogP contribution in [0.25, 0.3) is 0 Å². The Kier molecular flexibility index (Phi) is 5.41. The van der Waals surface area contributed by atoms with Crippen molar-refractivity contribution in [2.75, 3.05) is 23.8 Å². The number of nitrogen functional groups attached to an aromatic ring is 1. The number of nitrogens with zero attached hydrogens (tertiary/aromatic N) is 1. The monoisotopic (exact) mass is 276 g/mol. The number of hydrogen-bond acceptors (Lipinski definition) is 3. The van der Waals surface area contributed by atoms with Crippen LogP contribution in [0, 0.1) is 0 Å². The molecule has 1 heterocycles. The van der Waals surface area contributed by atoms with Crippen LogP contribution >= 0.6 is 0 Å². The van der Waals surface area contributed by atoms with E-state index in [1.54, 1.807) is 4.90 Å². The molecule has 1 unspecified atom stereocenters. The number of anilines is 2. The first-order valence-corrected chi connectivity index (χ1v) is 7.49. The average Bonchev–Trinajstić information content (AvgIpc) is 2.47. The molecule has 0 saturated carbocycles. The summed E-state index contributed by atoms with van der Waals surface area (Å²) in [5.74, 6) is 0.108. The van der Waals surface area contributed by atoms with Gasteiger partial charge in [0.05, 0.1) is 23.9 Å². The van der Waals surface area contributed by atoms with Crippen LogP contribution in [0.1, 0.15) is 39.0 Å². The lowest BCUT2D eigenvalue weighted by Crippen LogP contribution is -2.36. The van der Waals surface area contributed by atoms with Crippen LogP contribution in [0.2, 0.25) is 0 Å². The van der Waals surface area contributed by atoms with Crippen LogP contribution in [-0.4, -0.2) is 25.2 Å². The lowest BCUT2D eigenvalue weighted by molar-refractivity contribution is -0.122. The van der Waals surface area contributed by atoms with Gasteiger partial charge in [0.15, 0.2) is 0 Å². The zero-order valence-corrected chi connectivity index (χ0v) is 12.2. The van der Waals surface area contributed by atoms with E-state index >= 15 is 0 Å². The second kappa shape index (κ2) is 7.29. The fourth-order valence-electron chi connectivity index (χ4n) is 2.61. The molecule has 1 amide bonds. The van der Waals surface area contributed by atoms with Crippen LogP contribution < -0.4 is 10.6 Å². The quantitative estimate of drug-likeness (QED) is 0.841. The Morgan fingerprint density at radius 3 is 2.85 bits per heavy atom. The second-order valence-electron chi connectivity index (χ2n) is 5.30. The molecule has 1 aliphatic heterocycles. The molecule has 4 heteroatoms. The lowest BCUT2D eigenvalue weighted by atomic mass is 10.1. The largest absolute Gasteiger partial charge is 0.397 e. The lowest BCUT2D eigenvalue weighted by Gasteiger charge is -2.27. The van der Waals surface area contributed by atoms with Crippen molar-refractivity contribution in [2.45, 2.75) is 45.1 Å². The van der Waals surface area contributed by atoms with Gasteiger partial charge in [-0.1, -0.05) is 19.1 Å². The molecule has 0 radical (unpaired) electrons. The molecule has 1 atom stereocenters. The summed E-state index contributed by atoms with van der Waals surface area (Å²) in [7, 11) is 0. The normalized spacial score (nSPS) is 18.8. The number of amides is 1. The van der Waals surface area contributed by atoms with E-state index in [0.717, 1.165) is 38.0 Å². The standard InChI is InChI=1S/C16H24N2O2/c1-2-10-18(15-9-4-3-8-14(15)17)16(19)12-13-7-5-6-11-20-13/h3-4,8-9,13H,2,5-7,10-12,17H2,1H3. The molecule has 0 aliphatic carbocycles. The third-order valence-electron chi connectivity index (χ3n) is 3.65. The highest BCUT2D eigenvalue weighted by atomic mass is 16.5. The fraction of sp³-hybridized carbons (Fsp3) is 0.562. The van der Waals surface area contributed by atoms with Crippen LogP contribution in [0.4, 0.5) is 11.4 Å². The topological polar surface area (TPSA) is 55.6 Å². The first kappa shape index (κ1) is 14.9. The first-order chi connectivity index (χ1) is 9.72. The number of ether oxygens (including phenoxy) is 1. The highest BCUT2D eigenvalue weighted by Crippen LogP contribution is 2.25. The summed E-state index contributed by atoms with van der Waals surface area (Å²) in [5.41, 5.74) is 7.46. The van der Waals surface area contributed by atoms with Gasteiger partial charge in [-0.2, -0.15) is 0 Å². The summed E-state index contributed by atoms with van der Waals surface area (Å²) in [5, 5.41) is 0. The van der Waals surface area contributed by atoms with Gasteiger partial charge in [-0.25, -0.2) is 0 Å². The van der Waals surface area contributed by atoms with E-state index in [2.05, 4.69) is 6.92 Å². The van der Waals surface area contributed by atoms with E-state index in [4.69, 9.17) is 10.5 Å². The summed E-state index contributed by atoms with van der Waals surface area (Å²) < 4.78 is 5.66. The van der Waals surface area contributed by atoms with Gasteiger partial charge in [0.1, 0.15) is 0 Å². The number of carbonyl (C=O) groups is 1. The molecule has 110 valence electrons. The van der Waals surface area contributed by atoms with Gasteiger partial charge in [0.2, 0.25) is 5.91 Å². The molecule has 1 fully saturated rings. The zero-order chi connectivity index (χ0) is 14.4. The first-order valence-electron chi connectivity index (χ1n) is 7.49. The van der Waals surface area contributed by atoms with E-state index in [1.807, 2.05) is 24.3 Å². The maximum atomic E-state index is 12.5. The molecule has 0 spiro atoms. The number of para-hydroxylation sites is 2. The van der Waals surface area contributed by atoms with Gasteiger partial charge in [-0.3, -0.25) is 4.79 Å². The SMILES string of the molecule is CCCN(C(=O)CC1CCCCO1)c1ccccc1N. The summed E-state index contributed by atoms with van der Waals surface area (Å²) in [6, 6.07) is 7.55. The third kappa shape index (κ3) is 3.73. The van der Waals surface area contributed by atoms with Crippen LogP contribution in [0.15, 0.2) is 24.3 Å². The van der Waals surface area contributed by atoms with Crippen molar-refractivity contribution >= 4 is 17.3 Å². The molecular weight excluding hydrogens is 252 g/mol. The number of nitrogens with two attached hydrogens (primary N) is 1. The minimum Gasteiger partial charge on any atom is -0.397 e. The predicted octanol–water partition coefficient (Wildman–Crippen LogP) is 2.97.